The Labute approximate surface area is 142 Å². The van der Waals surface area contributed by atoms with Crippen LogP contribution in [0, 0.1) is 0 Å². The Balaban J connectivity index is 0.00000242. The van der Waals surface area contributed by atoms with Crippen LogP contribution >= 0.6 is 23.7 Å². The van der Waals surface area contributed by atoms with Crippen molar-refractivity contribution in [2.75, 3.05) is 13.1 Å². The van der Waals surface area contributed by atoms with E-state index < -0.39 is 0 Å². The van der Waals surface area contributed by atoms with Crippen molar-refractivity contribution < 1.29 is 4.79 Å². The maximum atomic E-state index is 12.4. The van der Waals surface area contributed by atoms with E-state index in [-0.39, 0.29) is 29.6 Å². The van der Waals surface area contributed by atoms with Crippen LogP contribution in [0.3, 0.4) is 0 Å². The van der Waals surface area contributed by atoms with Crippen LogP contribution in [0.2, 0.25) is 0 Å². The molecule has 22 heavy (non-hydrogen) atoms. The van der Waals surface area contributed by atoms with E-state index >= 15 is 0 Å². The quantitative estimate of drug-likeness (QED) is 0.849. The van der Waals surface area contributed by atoms with Crippen LogP contribution in [0.25, 0.3) is 0 Å². The van der Waals surface area contributed by atoms with Crippen molar-refractivity contribution in [3.05, 3.63) is 58.3 Å². The van der Waals surface area contributed by atoms with E-state index in [1.54, 1.807) is 11.3 Å². The standard InChI is InChI=1S/C17H22N2OS.ClH/c1-17(2,15-9-6-10-21-15)12-19-16(20)14(11-18)13-7-4-3-5-8-13;/h3-10,14H,11-12,18H2,1-2H3,(H,19,20);1H. The fraction of sp³-hybridized carbons (Fsp3) is 0.353. The number of carbonyl (C=O) groups is 1. The monoisotopic (exact) mass is 338 g/mol. The highest BCUT2D eigenvalue weighted by Crippen LogP contribution is 2.27. The van der Waals surface area contributed by atoms with E-state index in [1.165, 1.54) is 4.88 Å². The van der Waals surface area contributed by atoms with E-state index in [2.05, 4.69) is 30.6 Å². The molecule has 1 aromatic carbocycles. The van der Waals surface area contributed by atoms with Gasteiger partial charge in [-0.05, 0) is 17.0 Å². The number of rotatable bonds is 6. The number of benzene rings is 1. The van der Waals surface area contributed by atoms with Crippen molar-refractivity contribution >= 4 is 29.7 Å². The van der Waals surface area contributed by atoms with Crippen LogP contribution in [0.15, 0.2) is 47.8 Å². The predicted octanol–water partition coefficient (Wildman–Crippen LogP) is 3.31. The van der Waals surface area contributed by atoms with Crippen LogP contribution in [-0.4, -0.2) is 19.0 Å². The van der Waals surface area contributed by atoms with Crippen molar-refractivity contribution in [1.82, 2.24) is 5.32 Å². The molecule has 0 fully saturated rings. The van der Waals surface area contributed by atoms with E-state index in [4.69, 9.17) is 5.73 Å². The van der Waals surface area contributed by atoms with Gasteiger partial charge in [0.05, 0.1) is 5.92 Å². The fourth-order valence-corrected chi connectivity index (χ4v) is 3.11. The van der Waals surface area contributed by atoms with Gasteiger partial charge in [-0.1, -0.05) is 50.2 Å². The summed E-state index contributed by atoms with van der Waals surface area (Å²) in [7, 11) is 0. The minimum Gasteiger partial charge on any atom is -0.355 e. The highest BCUT2D eigenvalue weighted by molar-refractivity contribution is 7.10. The minimum absolute atomic E-state index is 0. The third-order valence-corrected chi connectivity index (χ3v) is 4.88. The molecule has 0 spiro atoms. The Morgan fingerprint density at radius 3 is 2.45 bits per heavy atom. The molecule has 2 rings (SSSR count). The minimum atomic E-state index is -0.287. The van der Waals surface area contributed by atoms with Crippen LogP contribution in [-0.2, 0) is 10.2 Å². The van der Waals surface area contributed by atoms with Gasteiger partial charge in [0, 0.05) is 23.4 Å². The second-order valence-electron chi connectivity index (χ2n) is 5.78. The SMILES string of the molecule is CC(C)(CNC(=O)C(CN)c1ccccc1)c1cccs1.Cl. The van der Waals surface area contributed by atoms with Gasteiger partial charge in [0.15, 0.2) is 0 Å². The third-order valence-electron chi connectivity index (χ3n) is 3.65. The zero-order chi connectivity index (χ0) is 15.3. The number of hydrogen-bond acceptors (Lipinski definition) is 3. The number of halogens is 1. The average molecular weight is 339 g/mol. The maximum Gasteiger partial charge on any atom is 0.228 e. The molecule has 1 unspecified atom stereocenters. The van der Waals surface area contributed by atoms with Gasteiger partial charge in [-0.3, -0.25) is 4.79 Å². The second kappa shape index (κ2) is 8.32. The Morgan fingerprint density at radius 1 is 1.23 bits per heavy atom. The zero-order valence-corrected chi connectivity index (χ0v) is 14.5. The Hall–Kier alpha value is -1.36. The van der Waals surface area contributed by atoms with Crippen LogP contribution in [0.1, 0.15) is 30.2 Å². The summed E-state index contributed by atoms with van der Waals surface area (Å²) >= 11 is 1.72. The first kappa shape index (κ1) is 18.7. The topological polar surface area (TPSA) is 55.1 Å². The lowest BCUT2D eigenvalue weighted by atomic mass is 9.90. The molecule has 3 nitrogen and oxygen atoms in total. The Bertz CT molecular complexity index is 570. The van der Waals surface area contributed by atoms with Gasteiger partial charge in [-0.15, -0.1) is 23.7 Å². The van der Waals surface area contributed by atoms with Gasteiger partial charge in [0.25, 0.3) is 0 Å². The molecule has 1 atom stereocenters. The normalized spacial score (nSPS) is 12.3. The number of nitrogens with two attached hydrogens (primary N) is 1. The first-order valence-electron chi connectivity index (χ1n) is 7.11. The Kier molecular flexibility index (Phi) is 7.07. The second-order valence-corrected chi connectivity index (χ2v) is 6.73. The maximum absolute atomic E-state index is 12.4. The van der Waals surface area contributed by atoms with Crippen LogP contribution in [0.4, 0.5) is 0 Å². The van der Waals surface area contributed by atoms with Gasteiger partial charge in [0.2, 0.25) is 5.91 Å². The molecule has 0 aliphatic heterocycles. The fourth-order valence-electron chi connectivity index (χ4n) is 2.26. The number of carbonyl (C=O) groups excluding carboxylic acids is 1. The van der Waals surface area contributed by atoms with Crippen molar-refractivity contribution in [1.29, 1.82) is 0 Å². The summed E-state index contributed by atoms with van der Waals surface area (Å²) in [5.41, 5.74) is 6.68. The molecule has 1 heterocycles. The summed E-state index contributed by atoms with van der Waals surface area (Å²) in [5, 5.41) is 5.11. The van der Waals surface area contributed by atoms with E-state index in [0.717, 1.165) is 5.56 Å². The molecular weight excluding hydrogens is 316 g/mol. The molecular formula is C17H23ClN2OS. The lowest BCUT2D eigenvalue weighted by molar-refractivity contribution is -0.122. The Morgan fingerprint density at radius 2 is 1.91 bits per heavy atom. The lowest BCUT2D eigenvalue weighted by Gasteiger charge is -2.25. The molecule has 2 aromatic rings. The zero-order valence-electron chi connectivity index (χ0n) is 12.9. The highest BCUT2D eigenvalue weighted by Gasteiger charge is 2.25. The average Bonchev–Trinajstić information content (AvgIpc) is 3.02. The molecule has 0 saturated carbocycles. The first-order valence-corrected chi connectivity index (χ1v) is 7.99. The number of thiophene rings is 1. The van der Waals surface area contributed by atoms with Gasteiger partial charge in [0.1, 0.15) is 0 Å². The first-order chi connectivity index (χ1) is 10.0. The molecule has 120 valence electrons. The van der Waals surface area contributed by atoms with E-state index in [9.17, 15) is 4.79 Å². The molecule has 5 heteroatoms. The van der Waals surface area contributed by atoms with Crippen molar-refractivity contribution in [3.8, 4) is 0 Å². The number of hydrogen-bond donors (Lipinski definition) is 2. The van der Waals surface area contributed by atoms with E-state index in [0.29, 0.717) is 13.1 Å². The van der Waals surface area contributed by atoms with Crippen molar-refractivity contribution in [2.24, 2.45) is 5.73 Å². The summed E-state index contributed by atoms with van der Waals surface area (Å²) in [5.74, 6) is -0.293. The summed E-state index contributed by atoms with van der Waals surface area (Å²) in [6, 6.07) is 13.8. The van der Waals surface area contributed by atoms with E-state index in [1.807, 2.05) is 36.4 Å². The smallest absolute Gasteiger partial charge is 0.228 e. The molecule has 0 radical (unpaired) electrons. The van der Waals surface area contributed by atoms with Crippen molar-refractivity contribution in [2.45, 2.75) is 25.2 Å². The molecule has 1 aromatic heterocycles. The van der Waals surface area contributed by atoms with Gasteiger partial charge < -0.3 is 11.1 Å². The number of nitrogens with one attached hydrogen (secondary N) is 1. The summed E-state index contributed by atoms with van der Waals surface area (Å²) < 4.78 is 0. The predicted molar refractivity (Wildman–Crippen MR) is 95.8 cm³/mol. The molecule has 0 aliphatic carbocycles. The molecule has 1 amide bonds. The van der Waals surface area contributed by atoms with Gasteiger partial charge in [-0.25, -0.2) is 0 Å². The third kappa shape index (κ3) is 4.57. The molecule has 0 bridgehead atoms. The van der Waals surface area contributed by atoms with Gasteiger partial charge in [-0.2, -0.15) is 0 Å². The highest BCUT2D eigenvalue weighted by atomic mass is 35.5. The largest absolute Gasteiger partial charge is 0.355 e. The molecule has 0 saturated heterocycles. The molecule has 0 aliphatic rings. The lowest BCUT2D eigenvalue weighted by Crippen LogP contribution is -2.40. The summed E-state index contributed by atoms with van der Waals surface area (Å²) in [6.07, 6.45) is 0. The van der Waals surface area contributed by atoms with Crippen molar-refractivity contribution in [3.63, 3.8) is 0 Å². The summed E-state index contributed by atoms with van der Waals surface area (Å²) in [6.45, 7) is 5.20. The number of amides is 1. The van der Waals surface area contributed by atoms with Crippen LogP contribution in [0.5, 0.6) is 0 Å². The van der Waals surface area contributed by atoms with Crippen LogP contribution < -0.4 is 11.1 Å². The summed E-state index contributed by atoms with van der Waals surface area (Å²) in [4.78, 5) is 13.7. The molecule has 3 N–H and O–H groups in total. The van der Waals surface area contributed by atoms with Gasteiger partial charge >= 0.3 is 0 Å².